The lowest BCUT2D eigenvalue weighted by Crippen LogP contribution is -1.83. The lowest BCUT2D eigenvalue weighted by Gasteiger charge is -1.82. The molecule has 0 aromatic carbocycles. The summed E-state index contributed by atoms with van der Waals surface area (Å²) < 4.78 is 5.09. The molecule has 2 aromatic rings. The molecule has 3 rings (SSSR count). The Morgan fingerprint density at radius 2 is 2.38 bits per heavy atom. The predicted molar refractivity (Wildman–Crippen MR) is 43.9 cm³/mol. The van der Waals surface area contributed by atoms with E-state index >= 15 is 0 Å². The van der Waals surface area contributed by atoms with Gasteiger partial charge >= 0.3 is 0 Å². The van der Waals surface area contributed by atoms with Crippen molar-refractivity contribution >= 4 is 0 Å². The minimum atomic E-state index is 0.496. The summed E-state index contributed by atoms with van der Waals surface area (Å²) in [6.07, 6.45) is 5.74. The Morgan fingerprint density at radius 3 is 3.08 bits per heavy atom. The van der Waals surface area contributed by atoms with Gasteiger partial charge in [-0.05, 0) is 12.8 Å². The molecule has 66 valence electrons. The smallest absolute Gasteiger partial charge is 0.238 e. The summed E-state index contributed by atoms with van der Waals surface area (Å²) in [4.78, 5) is 11.2. The van der Waals surface area contributed by atoms with E-state index in [1.807, 2.05) is 0 Å². The van der Waals surface area contributed by atoms with Crippen molar-refractivity contribution in [2.75, 3.05) is 0 Å². The lowest BCUT2D eigenvalue weighted by atomic mass is 10.4. The zero-order valence-corrected chi connectivity index (χ0v) is 6.90. The predicted octanol–water partition coefficient (Wildman–Crippen LogP) is 1.34. The Bertz CT molecular complexity index is 401. The van der Waals surface area contributed by atoms with Crippen molar-refractivity contribution in [2.45, 2.75) is 18.8 Å². The van der Waals surface area contributed by atoms with Crippen LogP contribution in [0.1, 0.15) is 24.7 Å². The highest BCUT2D eigenvalue weighted by molar-refractivity contribution is 5.41. The minimum Gasteiger partial charge on any atom is -0.342 e. The third kappa shape index (κ3) is 1.12. The van der Waals surface area contributed by atoms with Gasteiger partial charge in [0.1, 0.15) is 0 Å². The summed E-state index contributed by atoms with van der Waals surface area (Å²) in [5, 5.41) is 3.84. The minimum absolute atomic E-state index is 0.496. The molecule has 1 aliphatic rings. The third-order valence-electron chi connectivity index (χ3n) is 2.08. The van der Waals surface area contributed by atoms with Crippen molar-refractivity contribution in [3.05, 3.63) is 18.3 Å². The van der Waals surface area contributed by atoms with E-state index in [1.165, 1.54) is 12.8 Å². The van der Waals surface area contributed by atoms with Crippen LogP contribution in [0, 0.1) is 0 Å². The van der Waals surface area contributed by atoms with Crippen LogP contribution in [0.2, 0.25) is 0 Å². The molecule has 0 bridgehead atoms. The number of H-pyrrole nitrogens is 1. The molecule has 2 heterocycles. The van der Waals surface area contributed by atoms with E-state index in [4.69, 9.17) is 4.52 Å². The molecule has 13 heavy (non-hydrogen) atoms. The number of nitrogens with zero attached hydrogens (tertiary/aromatic N) is 3. The van der Waals surface area contributed by atoms with E-state index in [1.54, 1.807) is 12.4 Å². The first-order valence-corrected chi connectivity index (χ1v) is 4.27. The van der Waals surface area contributed by atoms with Gasteiger partial charge in [-0.2, -0.15) is 4.98 Å². The van der Waals surface area contributed by atoms with E-state index in [-0.39, 0.29) is 0 Å². The van der Waals surface area contributed by atoms with E-state index < -0.39 is 0 Å². The Hall–Kier alpha value is -1.65. The van der Waals surface area contributed by atoms with Crippen LogP contribution in [0.4, 0.5) is 0 Å². The highest BCUT2D eigenvalue weighted by Gasteiger charge is 2.29. The first-order valence-electron chi connectivity index (χ1n) is 4.27. The molecule has 0 spiro atoms. The quantitative estimate of drug-likeness (QED) is 0.749. The molecule has 2 aromatic heterocycles. The number of hydrogen-bond donors (Lipinski definition) is 1. The molecule has 1 N–H and O–H groups in total. The van der Waals surface area contributed by atoms with Gasteiger partial charge in [0.05, 0.1) is 0 Å². The summed E-state index contributed by atoms with van der Waals surface area (Å²) >= 11 is 0. The first kappa shape index (κ1) is 6.82. The van der Waals surface area contributed by atoms with Crippen molar-refractivity contribution in [2.24, 2.45) is 0 Å². The molecule has 5 heteroatoms. The van der Waals surface area contributed by atoms with Crippen molar-refractivity contribution < 1.29 is 4.52 Å². The molecular weight excluding hydrogens is 168 g/mol. The summed E-state index contributed by atoms with van der Waals surface area (Å²) in [5.41, 5.74) is 0. The summed E-state index contributed by atoms with van der Waals surface area (Å²) in [6, 6.07) is 0. The zero-order chi connectivity index (χ0) is 8.67. The van der Waals surface area contributed by atoms with Gasteiger partial charge in [0.15, 0.2) is 5.82 Å². The molecular formula is C8H8N4O. The summed E-state index contributed by atoms with van der Waals surface area (Å²) in [7, 11) is 0. The maximum absolute atomic E-state index is 5.09. The first-order chi connectivity index (χ1) is 6.43. The van der Waals surface area contributed by atoms with Crippen LogP contribution in [0.3, 0.4) is 0 Å². The summed E-state index contributed by atoms with van der Waals surface area (Å²) in [6.45, 7) is 0. The van der Waals surface area contributed by atoms with Gasteiger partial charge in [0, 0.05) is 18.3 Å². The SMILES string of the molecule is c1c[nH]c(-c2noc(C3CC3)n2)n1. The van der Waals surface area contributed by atoms with Gasteiger partial charge in [0.2, 0.25) is 11.7 Å². The second-order valence-electron chi connectivity index (χ2n) is 3.17. The number of hydrogen-bond acceptors (Lipinski definition) is 4. The maximum atomic E-state index is 5.09. The van der Waals surface area contributed by atoms with Crippen LogP contribution >= 0.6 is 0 Å². The Kier molecular flexibility index (Phi) is 1.27. The second kappa shape index (κ2) is 2.42. The molecule has 1 aliphatic carbocycles. The number of imidazole rings is 1. The summed E-state index contributed by atoms with van der Waals surface area (Å²) in [5.74, 6) is 2.45. The van der Waals surface area contributed by atoms with Crippen LogP contribution in [0.5, 0.6) is 0 Å². The van der Waals surface area contributed by atoms with E-state index in [2.05, 4.69) is 20.1 Å². The third-order valence-corrected chi connectivity index (χ3v) is 2.08. The molecule has 0 saturated heterocycles. The topological polar surface area (TPSA) is 67.6 Å². The average molecular weight is 176 g/mol. The molecule has 0 radical (unpaired) electrons. The molecule has 0 unspecified atom stereocenters. The Labute approximate surface area is 74.2 Å². The van der Waals surface area contributed by atoms with E-state index in [9.17, 15) is 0 Å². The van der Waals surface area contributed by atoms with Crippen LogP contribution in [-0.2, 0) is 0 Å². The zero-order valence-electron chi connectivity index (χ0n) is 6.90. The van der Waals surface area contributed by atoms with Crippen molar-refractivity contribution in [1.29, 1.82) is 0 Å². The molecule has 0 aliphatic heterocycles. The van der Waals surface area contributed by atoms with Gasteiger partial charge in [0.25, 0.3) is 0 Å². The Morgan fingerprint density at radius 1 is 1.46 bits per heavy atom. The number of aromatic nitrogens is 4. The monoisotopic (exact) mass is 176 g/mol. The van der Waals surface area contributed by atoms with E-state index in [0.29, 0.717) is 17.6 Å². The molecule has 1 saturated carbocycles. The number of nitrogens with one attached hydrogen (secondary N) is 1. The molecule has 0 amide bonds. The normalized spacial score (nSPS) is 16.3. The number of aromatic amines is 1. The Balaban J connectivity index is 1.97. The standard InChI is InChI=1S/C8H8N4O/c1-2-5(1)8-11-7(12-13-8)6-9-3-4-10-6/h3-5H,1-2H2,(H,9,10). The fourth-order valence-corrected chi connectivity index (χ4v) is 1.22. The van der Waals surface area contributed by atoms with Crippen LogP contribution < -0.4 is 0 Å². The highest BCUT2D eigenvalue weighted by Crippen LogP contribution is 2.39. The van der Waals surface area contributed by atoms with Crippen molar-refractivity contribution in [1.82, 2.24) is 20.1 Å². The second-order valence-corrected chi connectivity index (χ2v) is 3.17. The van der Waals surface area contributed by atoms with E-state index in [0.717, 1.165) is 5.89 Å². The van der Waals surface area contributed by atoms with Crippen LogP contribution in [0.25, 0.3) is 11.6 Å². The fraction of sp³-hybridized carbons (Fsp3) is 0.375. The lowest BCUT2D eigenvalue weighted by molar-refractivity contribution is 0.380. The molecule has 5 nitrogen and oxygen atoms in total. The average Bonchev–Trinajstić information content (AvgIpc) is 2.72. The van der Waals surface area contributed by atoms with Crippen LogP contribution in [-0.4, -0.2) is 20.1 Å². The molecule has 1 fully saturated rings. The maximum Gasteiger partial charge on any atom is 0.238 e. The molecule has 0 atom stereocenters. The van der Waals surface area contributed by atoms with Gasteiger partial charge in [-0.25, -0.2) is 4.98 Å². The van der Waals surface area contributed by atoms with Gasteiger partial charge in [-0.15, -0.1) is 0 Å². The number of rotatable bonds is 2. The fourth-order valence-electron chi connectivity index (χ4n) is 1.22. The van der Waals surface area contributed by atoms with Crippen molar-refractivity contribution in [3.63, 3.8) is 0 Å². The van der Waals surface area contributed by atoms with Crippen molar-refractivity contribution in [3.8, 4) is 11.6 Å². The van der Waals surface area contributed by atoms with Crippen LogP contribution in [0.15, 0.2) is 16.9 Å². The van der Waals surface area contributed by atoms with Gasteiger partial charge in [-0.1, -0.05) is 5.16 Å². The largest absolute Gasteiger partial charge is 0.342 e. The highest BCUT2D eigenvalue weighted by atomic mass is 16.5. The van der Waals surface area contributed by atoms with Gasteiger partial charge in [-0.3, -0.25) is 0 Å². The van der Waals surface area contributed by atoms with Gasteiger partial charge < -0.3 is 9.51 Å².